The Kier molecular flexibility index (Phi) is 4.96. The highest BCUT2D eigenvalue weighted by Gasteiger charge is 2.15. The number of carbonyl (C=O) groups is 1. The van der Waals surface area contributed by atoms with Crippen LogP contribution < -0.4 is 5.73 Å². The molecule has 0 spiro atoms. The molecule has 0 aromatic carbocycles. The van der Waals surface area contributed by atoms with Crippen molar-refractivity contribution in [2.45, 2.75) is 13.3 Å². The molecule has 0 unspecified atom stereocenters. The van der Waals surface area contributed by atoms with E-state index >= 15 is 0 Å². The van der Waals surface area contributed by atoms with Crippen LogP contribution in [0.1, 0.15) is 23.8 Å². The minimum absolute atomic E-state index is 0.0459. The van der Waals surface area contributed by atoms with Gasteiger partial charge < -0.3 is 15.5 Å². The fourth-order valence-corrected chi connectivity index (χ4v) is 1.60. The quantitative estimate of drug-likeness (QED) is 0.753. The van der Waals surface area contributed by atoms with Crippen LogP contribution in [0, 0.1) is 0 Å². The van der Waals surface area contributed by atoms with Crippen molar-refractivity contribution < 1.29 is 4.79 Å². The average molecular weight is 239 g/mol. The first-order valence-corrected chi connectivity index (χ1v) is 5.79. The van der Waals surface area contributed by atoms with Gasteiger partial charge in [0, 0.05) is 19.2 Å². The van der Waals surface area contributed by atoms with E-state index in [-0.39, 0.29) is 5.91 Å². The lowest BCUT2D eigenvalue weighted by Gasteiger charge is -2.21. The summed E-state index contributed by atoms with van der Waals surface area (Å²) in [5.41, 5.74) is 5.93. The fraction of sp³-hybridized carbons (Fsp3) is 0.636. The first-order chi connectivity index (χ1) is 8.04. The molecule has 1 amide bonds. The van der Waals surface area contributed by atoms with Gasteiger partial charge >= 0.3 is 0 Å². The van der Waals surface area contributed by atoms with Crippen molar-refractivity contribution in [2.24, 2.45) is 0 Å². The summed E-state index contributed by atoms with van der Waals surface area (Å²) in [6.07, 6.45) is 0.955. The summed E-state index contributed by atoms with van der Waals surface area (Å²) in [5, 5.41) is 6.40. The maximum Gasteiger partial charge on any atom is 0.271 e. The molecule has 96 valence electrons. The minimum atomic E-state index is -0.0459. The molecule has 1 heterocycles. The van der Waals surface area contributed by atoms with Crippen LogP contribution in [0.15, 0.2) is 6.07 Å². The zero-order valence-corrected chi connectivity index (χ0v) is 10.7. The lowest BCUT2D eigenvalue weighted by molar-refractivity contribution is 0.0753. The molecule has 3 N–H and O–H groups in total. The van der Waals surface area contributed by atoms with E-state index in [1.807, 2.05) is 21.0 Å². The van der Waals surface area contributed by atoms with Gasteiger partial charge in [0.2, 0.25) is 0 Å². The molecule has 0 radical (unpaired) electrons. The molecule has 0 aliphatic heterocycles. The highest BCUT2D eigenvalue weighted by atomic mass is 16.2. The Hall–Kier alpha value is -1.56. The van der Waals surface area contributed by atoms with Crippen molar-refractivity contribution in [3.05, 3.63) is 11.8 Å². The number of hydrogen-bond acceptors (Lipinski definition) is 4. The number of hydrogen-bond donors (Lipinski definition) is 2. The predicted molar refractivity (Wildman–Crippen MR) is 67.7 cm³/mol. The van der Waals surface area contributed by atoms with Gasteiger partial charge in [-0.15, -0.1) is 0 Å². The van der Waals surface area contributed by atoms with E-state index in [9.17, 15) is 4.79 Å². The average Bonchev–Trinajstić information content (AvgIpc) is 2.70. The largest absolute Gasteiger partial charge is 0.382 e. The van der Waals surface area contributed by atoms with Crippen molar-refractivity contribution in [1.82, 2.24) is 20.0 Å². The van der Waals surface area contributed by atoms with E-state index in [1.165, 1.54) is 0 Å². The number of nitrogen functional groups attached to an aromatic ring is 1. The Morgan fingerprint density at radius 3 is 2.65 bits per heavy atom. The number of nitrogens with zero attached hydrogens (tertiary/aromatic N) is 3. The second-order valence-corrected chi connectivity index (χ2v) is 4.25. The monoisotopic (exact) mass is 239 g/mol. The zero-order chi connectivity index (χ0) is 12.8. The van der Waals surface area contributed by atoms with Crippen LogP contribution in [0.5, 0.6) is 0 Å². The van der Waals surface area contributed by atoms with Crippen molar-refractivity contribution in [3.63, 3.8) is 0 Å². The van der Waals surface area contributed by atoms with Crippen LogP contribution in [0.25, 0.3) is 0 Å². The summed E-state index contributed by atoms with van der Waals surface area (Å²) >= 11 is 0. The third-order valence-electron chi connectivity index (χ3n) is 2.53. The van der Waals surface area contributed by atoms with Crippen LogP contribution in [0.4, 0.5) is 5.82 Å². The normalized spacial score (nSPS) is 10.8. The number of aromatic nitrogens is 2. The molecule has 1 aromatic heterocycles. The molecule has 0 saturated heterocycles. The van der Waals surface area contributed by atoms with Crippen LogP contribution in [0.3, 0.4) is 0 Å². The summed E-state index contributed by atoms with van der Waals surface area (Å²) in [6, 6.07) is 1.57. The number of aromatic amines is 1. The smallest absolute Gasteiger partial charge is 0.271 e. The van der Waals surface area contributed by atoms with Crippen molar-refractivity contribution in [1.29, 1.82) is 0 Å². The van der Waals surface area contributed by atoms with Crippen LogP contribution in [-0.2, 0) is 0 Å². The third-order valence-corrected chi connectivity index (χ3v) is 2.53. The lowest BCUT2D eigenvalue weighted by Crippen LogP contribution is -2.33. The Bertz CT molecular complexity index is 360. The molecule has 1 rings (SSSR count). The molecule has 6 heteroatoms. The standard InChI is InChI=1S/C11H21N5O/c1-4-16(7-5-6-15(2)3)11(17)9-8-10(12)14-13-9/h8H,4-7H2,1-3H3,(H3,12,13,14). The van der Waals surface area contributed by atoms with Gasteiger partial charge in [0.15, 0.2) is 0 Å². The van der Waals surface area contributed by atoms with E-state index in [0.29, 0.717) is 18.1 Å². The highest BCUT2D eigenvalue weighted by molar-refractivity contribution is 5.92. The zero-order valence-electron chi connectivity index (χ0n) is 10.7. The SMILES string of the molecule is CCN(CCCN(C)C)C(=O)c1cc(N)n[nH]1. The van der Waals surface area contributed by atoms with Crippen molar-refractivity contribution in [2.75, 3.05) is 39.5 Å². The summed E-state index contributed by atoms with van der Waals surface area (Å²) in [7, 11) is 4.04. The Labute approximate surface area is 102 Å². The second-order valence-electron chi connectivity index (χ2n) is 4.25. The van der Waals surface area contributed by atoms with Gasteiger partial charge in [-0.3, -0.25) is 9.89 Å². The van der Waals surface area contributed by atoms with Crippen LogP contribution in [-0.4, -0.2) is 59.6 Å². The number of nitrogens with two attached hydrogens (primary N) is 1. The van der Waals surface area contributed by atoms with Crippen molar-refractivity contribution >= 4 is 11.7 Å². The summed E-state index contributed by atoms with van der Waals surface area (Å²) in [6.45, 7) is 4.36. The lowest BCUT2D eigenvalue weighted by atomic mass is 10.3. The Morgan fingerprint density at radius 2 is 2.18 bits per heavy atom. The second kappa shape index (κ2) is 6.24. The molecule has 0 bridgehead atoms. The summed E-state index contributed by atoms with van der Waals surface area (Å²) < 4.78 is 0. The van der Waals surface area contributed by atoms with E-state index < -0.39 is 0 Å². The van der Waals surface area contributed by atoms with Gasteiger partial charge in [0.1, 0.15) is 11.5 Å². The molecular formula is C11H21N5O. The van der Waals surface area contributed by atoms with Crippen LogP contribution in [0.2, 0.25) is 0 Å². The van der Waals surface area contributed by atoms with Gasteiger partial charge in [-0.1, -0.05) is 0 Å². The predicted octanol–water partition coefficient (Wildman–Crippen LogP) is 0.406. The molecule has 1 aromatic rings. The molecule has 6 nitrogen and oxygen atoms in total. The molecule has 0 atom stereocenters. The van der Waals surface area contributed by atoms with Crippen LogP contribution >= 0.6 is 0 Å². The molecule has 0 aliphatic rings. The van der Waals surface area contributed by atoms with E-state index in [1.54, 1.807) is 11.0 Å². The first-order valence-electron chi connectivity index (χ1n) is 5.79. The maximum atomic E-state index is 12.1. The number of nitrogens with one attached hydrogen (secondary N) is 1. The van der Waals surface area contributed by atoms with E-state index in [2.05, 4.69) is 15.1 Å². The number of amides is 1. The Morgan fingerprint density at radius 1 is 1.47 bits per heavy atom. The van der Waals surface area contributed by atoms with Gasteiger partial charge in [-0.05, 0) is 34.0 Å². The fourth-order valence-electron chi connectivity index (χ4n) is 1.60. The molecular weight excluding hydrogens is 218 g/mol. The summed E-state index contributed by atoms with van der Waals surface area (Å²) in [5.74, 6) is 0.299. The van der Waals surface area contributed by atoms with E-state index in [0.717, 1.165) is 19.5 Å². The number of anilines is 1. The maximum absolute atomic E-state index is 12.1. The molecule has 0 aliphatic carbocycles. The molecule has 0 saturated carbocycles. The van der Waals surface area contributed by atoms with Gasteiger partial charge in [0.05, 0.1) is 0 Å². The van der Waals surface area contributed by atoms with Gasteiger partial charge in [-0.25, -0.2) is 0 Å². The van der Waals surface area contributed by atoms with Gasteiger partial charge in [-0.2, -0.15) is 5.10 Å². The number of H-pyrrole nitrogens is 1. The summed E-state index contributed by atoms with van der Waals surface area (Å²) in [4.78, 5) is 15.9. The Balaban J connectivity index is 2.52. The molecule has 17 heavy (non-hydrogen) atoms. The topological polar surface area (TPSA) is 78.2 Å². The first kappa shape index (κ1) is 13.5. The molecule has 0 fully saturated rings. The minimum Gasteiger partial charge on any atom is -0.382 e. The van der Waals surface area contributed by atoms with Crippen molar-refractivity contribution in [3.8, 4) is 0 Å². The van der Waals surface area contributed by atoms with Gasteiger partial charge in [0.25, 0.3) is 5.91 Å². The highest BCUT2D eigenvalue weighted by Crippen LogP contribution is 2.05. The third kappa shape index (κ3) is 4.07. The van der Waals surface area contributed by atoms with E-state index in [4.69, 9.17) is 5.73 Å². The number of rotatable bonds is 6. The number of carbonyl (C=O) groups excluding carboxylic acids is 1.